The summed E-state index contributed by atoms with van der Waals surface area (Å²) in [4.78, 5) is 17.3. The van der Waals surface area contributed by atoms with Crippen molar-refractivity contribution in [2.24, 2.45) is 0 Å². The summed E-state index contributed by atoms with van der Waals surface area (Å²) in [5, 5.41) is 7.28. The number of nitrogens with zero attached hydrogens (tertiary/aromatic N) is 3. The molecule has 3 aliphatic heterocycles. The van der Waals surface area contributed by atoms with E-state index in [4.69, 9.17) is 4.52 Å². The number of fused-ring (bicyclic) bond motifs is 1. The largest absolute Gasteiger partial charge is 0.359 e. The molecule has 6 heteroatoms. The van der Waals surface area contributed by atoms with E-state index in [-0.39, 0.29) is 12.1 Å². The number of rotatable bonds is 2. The Kier molecular flexibility index (Phi) is 4.01. The molecule has 0 bridgehead atoms. The molecule has 0 aliphatic carbocycles. The zero-order chi connectivity index (χ0) is 15.8. The molecule has 4 rings (SSSR count). The average molecular weight is 318 g/mol. The molecule has 0 aromatic carbocycles. The van der Waals surface area contributed by atoms with Crippen molar-refractivity contribution in [1.29, 1.82) is 0 Å². The number of nitrogens with one attached hydrogen (secondary N) is 1. The lowest BCUT2D eigenvalue weighted by Gasteiger charge is -2.33. The average Bonchev–Trinajstić information content (AvgIpc) is 3.26. The third-order valence-electron chi connectivity index (χ3n) is 5.65. The Balaban J connectivity index is 1.42. The lowest BCUT2D eigenvalue weighted by molar-refractivity contribution is 0.160. The molecular formula is C17H26N4O2. The number of likely N-dealkylation sites (tertiary alicyclic amines) is 1. The number of piperidine rings is 1. The van der Waals surface area contributed by atoms with Crippen LogP contribution in [0, 0.1) is 6.92 Å². The number of urea groups is 1. The minimum absolute atomic E-state index is 0.0417. The van der Waals surface area contributed by atoms with Crippen molar-refractivity contribution in [3.63, 3.8) is 0 Å². The molecule has 23 heavy (non-hydrogen) atoms. The molecule has 2 amide bonds. The van der Waals surface area contributed by atoms with Crippen LogP contribution in [-0.2, 0) is 0 Å². The number of carbonyl (C=O) groups is 1. The molecule has 1 aromatic rings. The van der Waals surface area contributed by atoms with Gasteiger partial charge in [-0.1, -0.05) is 11.6 Å². The van der Waals surface area contributed by atoms with Gasteiger partial charge in [-0.15, -0.1) is 0 Å². The van der Waals surface area contributed by atoms with E-state index in [1.165, 1.54) is 25.8 Å². The second kappa shape index (κ2) is 6.15. The summed E-state index contributed by atoms with van der Waals surface area (Å²) in [6, 6.07) is 2.91. The molecule has 0 radical (unpaired) electrons. The van der Waals surface area contributed by atoms with Crippen LogP contribution in [0.1, 0.15) is 56.0 Å². The molecule has 1 N–H and O–H groups in total. The zero-order valence-electron chi connectivity index (χ0n) is 13.8. The minimum atomic E-state index is 0.0417. The number of amides is 2. The Bertz CT molecular complexity index is 573. The third-order valence-corrected chi connectivity index (χ3v) is 5.65. The maximum absolute atomic E-state index is 12.8. The van der Waals surface area contributed by atoms with Crippen LogP contribution in [-0.4, -0.2) is 52.7 Å². The first-order valence-corrected chi connectivity index (χ1v) is 8.97. The van der Waals surface area contributed by atoms with Crippen LogP contribution in [0.25, 0.3) is 0 Å². The van der Waals surface area contributed by atoms with Crippen LogP contribution in [0.4, 0.5) is 4.79 Å². The maximum Gasteiger partial charge on any atom is 0.318 e. The number of hydrogen-bond donors (Lipinski definition) is 1. The van der Waals surface area contributed by atoms with Crippen LogP contribution in [0.3, 0.4) is 0 Å². The van der Waals surface area contributed by atoms with Crippen molar-refractivity contribution < 1.29 is 9.32 Å². The molecular weight excluding hydrogens is 292 g/mol. The van der Waals surface area contributed by atoms with E-state index >= 15 is 0 Å². The molecule has 3 aliphatic rings. The Morgan fingerprint density at radius 2 is 2.13 bits per heavy atom. The van der Waals surface area contributed by atoms with Crippen LogP contribution in [0.5, 0.6) is 0 Å². The normalized spacial score (nSPS) is 31.3. The van der Waals surface area contributed by atoms with Crippen LogP contribution in [0.15, 0.2) is 10.6 Å². The molecule has 3 fully saturated rings. The Labute approximate surface area is 137 Å². The standard InChI is InChI=1S/C17H26N4O2/c1-12-11-16(23-19-12)15-6-4-9-21(15)17(22)18-13-7-10-20-8-3-2-5-14(13)20/h11,13-15H,2-10H2,1H3,(H,18,22)/t13-,14-,15-/m0/s1. The van der Waals surface area contributed by atoms with Crippen molar-refractivity contribution in [1.82, 2.24) is 20.3 Å². The summed E-state index contributed by atoms with van der Waals surface area (Å²) in [6.45, 7) is 5.04. The Morgan fingerprint density at radius 1 is 1.22 bits per heavy atom. The fourth-order valence-electron chi connectivity index (χ4n) is 4.50. The van der Waals surface area contributed by atoms with E-state index in [9.17, 15) is 4.79 Å². The van der Waals surface area contributed by atoms with Gasteiger partial charge in [-0.25, -0.2) is 4.79 Å². The van der Waals surface area contributed by atoms with E-state index in [1.807, 2.05) is 17.9 Å². The summed E-state index contributed by atoms with van der Waals surface area (Å²) in [7, 11) is 0. The molecule has 0 saturated carbocycles. The van der Waals surface area contributed by atoms with E-state index in [0.29, 0.717) is 12.1 Å². The first kappa shape index (κ1) is 15.0. The fraction of sp³-hybridized carbons (Fsp3) is 0.765. The summed E-state index contributed by atoms with van der Waals surface area (Å²) >= 11 is 0. The first-order chi connectivity index (χ1) is 11.2. The second-order valence-corrected chi connectivity index (χ2v) is 7.17. The number of aryl methyl sites for hydroxylation is 1. The van der Waals surface area contributed by atoms with E-state index in [2.05, 4.69) is 15.4 Å². The first-order valence-electron chi connectivity index (χ1n) is 8.97. The lowest BCUT2D eigenvalue weighted by Crippen LogP contribution is -2.50. The van der Waals surface area contributed by atoms with Gasteiger partial charge in [0.25, 0.3) is 0 Å². The number of aromatic nitrogens is 1. The monoisotopic (exact) mass is 318 g/mol. The molecule has 0 unspecified atom stereocenters. The van der Waals surface area contributed by atoms with Gasteiger partial charge in [-0.2, -0.15) is 0 Å². The van der Waals surface area contributed by atoms with Gasteiger partial charge in [-0.3, -0.25) is 4.90 Å². The fourth-order valence-corrected chi connectivity index (χ4v) is 4.50. The van der Waals surface area contributed by atoms with Crippen molar-refractivity contribution in [3.05, 3.63) is 17.5 Å². The smallest absolute Gasteiger partial charge is 0.318 e. The number of hydrogen-bond acceptors (Lipinski definition) is 4. The predicted molar refractivity (Wildman–Crippen MR) is 86.1 cm³/mol. The SMILES string of the molecule is Cc1cc([C@@H]2CCCN2C(=O)N[C@H]2CCN3CCCC[C@@H]23)on1. The van der Waals surface area contributed by atoms with Gasteiger partial charge in [0, 0.05) is 31.2 Å². The predicted octanol–water partition coefficient (Wildman–Crippen LogP) is 2.46. The van der Waals surface area contributed by atoms with Gasteiger partial charge >= 0.3 is 6.03 Å². The van der Waals surface area contributed by atoms with E-state index < -0.39 is 0 Å². The van der Waals surface area contributed by atoms with Crippen molar-refractivity contribution in [3.8, 4) is 0 Å². The summed E-state index contributed by atoms with van der Waals surface area (Å²) < 4.78 is 5.40. The van der Waals surface area contributed by atoms with Crippen molar-refractivity contribution in [2.45, 2.75) is 63.6 Å². The van der Waals surface area contributed by atoms with Crippen LogP contribution >= 0.6 is 0 Å². The van der Waals surface area contributed by atoms with Gasteiger partial charge in [0.15, 0.2) is 5.76 Å². The van der Waals surface area contributed by atoms with E-state index in [1.54, 1.807) is 0 Å². The van der Waals surface area contributed by atoms with Crippen LogP contribution < -0.4 is 5.32 Å². The van der Waals surface area contributed by atoms with Gasteiger partial charge in [0.05, 0.1) is 11.7 Å². The topological polar surface area (TPSA) is 61.6 Å². The second-order valence-electron chi connectivity index (χ2n) is 7.17. The molecule has 0 spiro atoms. The molecule has 3 atom stereocenters. The van der Waals surface area contributed by atoms with E-state index in [0.717, 1.165) is 43.8 Å². The van der Waals surface area contributed by atoms with Crippen LogP contribution in [0.2, 0.25) is 0 Å². The quantitative estimate of drug-likeness (QED) is 0.910. The van der Waals surface area contributed by atoms with Gasteiger partial charge in [0.2, 0.25) is 0 Å². The highest BCUT2D eigenvalue weighted by molar-refractivity contribution is 5.75. The highest BCUT2D eigenvalue weighted by Gasteiger charge is 2.39. The maximum atomic E-state index is 12.8. The zero-order valence-corrected chi connectivity index (χ0v) is 13.8. The Morgan fingerprint density at radius 3 is 2.96 bits per heavy atom. The number of carbonyl (C=O) groups excluding carboxylic acids is 1. The van der Waals surface area contributed by atoms with Crippen molar-refractivity contribution >= 4 is 6.03 Å². The Hall–Kier alpha value is -1.56. The van der Waals surface area contributed by atoms with Crippen molar-refractivity contribution in [2.75, 3.05) is 19.6 Å². The molecule has 4 heterocycles. The van der Waals surface area contributed by atoms with Gasteiger partial charge < -0.3 is 14.7 Å². The summed E-state index contributed by atoms with van der Waals surface area (Å²) in [5.41, 5.74) is 0.876. The lowest BCUT2D eigenvalue weighted by atomic mass is 9.99. The molecule has 1 aromatic heterocycles. The molecule has 3 saturated heterocycles. The minimum Gasteiger partial charge on any atom is -0.359 e. The van der Waals surface area contributed by atoms with Gasteiger partial charge in [0.1, 0.15) is 0 Å². The summed E-state index contributed by atoms with van der Waals surface area (Å²) in [6.07, 6.45) is 6.87. The summed E-state index contributed by atoms with van der Waals surface area (Å²) in [5.74, 6) is 0.820. The highest BCUT2D eigenvalue weighted by Crippen LogP contribution is 2.33. The third kappa shape index (κ3) is 2.84. The van der Waals surface area contributed by atoms with Gasteiger partial charge in [-0.05, 0) is 45.6 Å². The molecule has 6 nitrogen and oxygen atoms in total. The molecule has 126 valence electrons. The highest BCUT2D eigenvalue weighted by atomic mass is 16.5.